The molecule has 2 aromatic rings. The van der Waals surface area contributed by atoms with Crippen LogP contribution in [0.25, 0.3) is 0 Å². The topological polar surface area (TPSA) is 55.4 Å². The first kappa shape index (κ1) is 17.0. The molecule has 4 nitrogen and oxygen atoms in total. The van der Waals surface area contributed by atoms with Gasteiger partial charge in [0, 0.05) is 8.95 Å². The summed E-state index contributed by atoms with van der Waals surface area (Å²) >= 11 is 12.6. The molecule has 0 saturated carbocycles. The van der Waals surface area contributed by atoms with Gasteiger partial charge >= 0.3 is 0 Å². The lowest BCUT2D eigenvalue weighted by atomic mass is 10.2. The molecule has 0 unspecified atom stereocenters. The molecule has 0 aliphatic rings. The zero-order valence-electron chi connectivity index (χ0n) is 11.1. The van der Waals surface area contributed by atoms with Gasteiger partial charge < -0.3 is 10.1 Å². The first-order valence-corrected chi connectivity index (χ1v) is 8.08. The molecule has 0 radical (unpaired) electrons. The standard InChI is InChI=1S/C15H10Br2ClNO3/c16-10-2-4-14(9(5-10)7-20)22-8-15(21)19-13-3-1-11(17)6-12(13)18/h1-7H,8H2,(H,19,21). The van der Waals surface area contributed by atoms with E-state index in [0.717, 1.165) is 8.95 Å². The summed E-state index contributed by atoms with van der Waals surface area (Å²) in [5.74, 6) is -0.0285. The van der Waals surface area contributed by atoms with Crippen LogP contribution in [0, 0.1) is 0 Å². The second-order valence-corrected chi connectivity index (χ2v) is 6.50. The molecule has 114 valence electrons. The summed E-state index contributed by atoms with van der Waals surface area (Å²) in [6.07, 6.45) is 0.670. The van der Waals surface area contributed by atoms with E-state index in [1.165, 1.54) is 0 Å². The van der Waals surface area contributed by atoms with E-state index in [1.54, 1.807) is 36.4 Å². The summed E-state index contributed by atoms with van der Waals surface area (Å²) < 4.78 is 6.94. The Morgan fingerprint density at radius 1 is 1.18 bits per heavy atom. The number of anilines is 1. The summed E-state index contributed by atoms with van der Waals surface area (Å²) in [6, 6.07) is 10.1. The lowest BCUT2D eigenvalue weighted by Crippen LogP contribution is -2.20. The molecular formula is C15H10Br2ClNO3. The Morgan fingerprint density at radius 3 is 2.55 bits per heavy atom. The highest BCUT2D eigenvalue weighted by molar-refractivity contribution is 9.10. The van der Waals surface area contributed by atoms with Crippen molar-refractivity contribution in [3.8, 4) is 5.75 Å². The van der Waals surface area contributed by atoms with Crippen molar-refractivity contribution in [2.75, 3.05) is 11.9 Å². The maximum absolute atomic E-state index is 11.9. The highest BCUT2D eigenvalue weighted by atomic mass is 79.9. The van der Waals surface area contributed by atoms with Crippen molar-refractivity contribution in [3.05, 3.63) is 55.9 Å². The molecule has 2 aromatic carbocycles. The maximum Gasteiger partial charge on any atom is 0.262 e. The van der Waals surface area contributed by atoms with Crippen LogP contribution < -0.4 is 10.1 Å². The van der Waals surface area contributed by atoms with E-state index in [1.807, 2.05) is 0 Å². The fourth-order valence-corrected chi connectivity index (χ4v) is 2.76. The largest absolute Gasteiger partial charge is 0.483 e. The van der Waals surface area contributed by atoms with E-state index in [-0.39, 0.29) is 12.5 Å². The Labute approximate surface area is 149 Å². The highest BCUT2D eigenvalue weighted by Gasteiger charge is 2.09. The fourth-order valence-electron chi connectivity index (χ4n) is 1.66. The molecular weight excluding hydrogens is 437 g/mol. The third-order valence-electron chi connectivity index (χ3n) is 2.66. The van der Waals surface area contributed by atoms with Crippen LogP contribution in [0.1, 0.15) is 10.4 Å². The zero-order chi connectivity index (χ0) is 16.1. The molecule has 0 saturated heterocycles. The Bertz CT molecular complexity index is 722. The molecule has 1 N–H and O–H groups in total. The summed E-state index contributed by atoms with van der Waals surface area (Å²) in [5, 5.41) is 3.06. The van der Waals surface area contributed by atoms with Crippen LogP contribution in [0.3, 0.4) is 0 Å². The van der Waals surface area contributed by atoms with Gasteiger partial charge in [0.25, 0.3) is 5.91 Å². The number of ether oxygens (including phenoxy) is 1. The minimum Gasteiger partial charge on any atom is -0.483 e. The quantitative estimate of drug-likeness (QED) is 0.677. The van der Waals surface area contributed by atoms with Crippen LogP contribution in [0.2, 0.25) is 5.02 Å². The number of halogens is 3. The minimum absolute atomic E-state index is 0.227. The third kappa shape index (κ3) is 4.56. The van der Waals surface area contributed by atoms with Crippen molar-refractivity contribution in [2.45, 2.75) is 0 Å². The van der Waals surface area contributed by atoms with Gasteiger partial charge in [-0.1, -0.05) is 43.5 Å². The van der Waals surface area contributed by atoms with E-state index in [9.17, 15) is 9.59 Å². The predicted molar refractivity (Wildman–Crippen MR) is 92.8 cm³/mol. The molecule has 1 amide bonds. The van der Waals surface area contributed by atoms with Crippen molar-refractivity contribution in [3.63, 3.8) is 0 Å². The number of amides is 1. The number of benzene rings is 2. The number of carbonyl (C=O) groups excluding carboxylic acids is 2. The number of nitrogens with one attached hydrogen (secondary N) is 1. The summed E-state index contributed by atoms with van der Waals surface area (Å²) in [7, 11) is 0. The fraction of sp³-hybridized carbons (Fsp3) is 0.0667. The third-order valence-corrected chi connectivity index (χ3v) is 3.96. The van der Waals surface area contributed by atoms with Crippen LogP contribution in [0.4, 0.5) is 5.69 Å². The molecule has 22 heavy (non-hydrogen) atoms. The summed E-state index contributed by atoms with van der Waals surface area (Å²) in [6.45, 7) is -0.227. The first-order chi connectivity index (χ1) is 10.5. The lowest BCUT2D eigenvalue weighted by Gasteiger charge is -2.10. The molecule has 0 bridgehead atoms. The van der Waals surface area contributed by atoms with Gasteiger partial charge in [-0.3, -0.25) is 9.59 Å². The predicted octanol–water partition coefficient (Wildman–Crippen LogP) is 4.70. The van der Waals surface area contributed by atoms with Crippen LogP contribution >= 0.6 is 43.5 Å². The van der Waals surface area contributed by atoms with Gasteiger partial charge in [-0.15, -0.1) is 0 Å². The normalized spacial score (nSPS) is 10.1. The van der Waals surface area contributed by atoms with Crippen LogP contribution in [0.15, 0.2) is 45.3 Å². The number of carbonyl (C=O) groups is 2. The summed E-state index contributed by atoms with van der Waals surface area (Å²) in [5.41, 5.74) is 0.855. The monoisotopic (exact) mass is 445 g/mol. The SMILES string of the molecule is O=Cc1cc(Br)ccc1OCC(=O)Nc1ccc(Br)cc1Cl. The second kappa shape index (κ2) is 7.76. The van der Waals surface area contributed by atoms with Crippen molar-refractivity contribution in [1.29, 1.82) is 0 Å². The second-order valence-electron chi connectivity index (χ2n) is 4.26. The number of rotatable bonds is 5. The van der Waals surface area contributed by atoms with Gasteiger partial charge in [0.1, 0.15) is 5.75 Å². The Kier molecular flexibility index (Phi) is 5.99. The van der Waals surface area contributed by atoms with Gasteiger partial charge in [0.05, 0.1) is 16.3 Å². The van der Waals surface area contributed by atoms with Gasteiger partial charge in [0.15, 0.2) is 12.9 Å². The van der Waals surface area contributed by atoms with E-state index >= 15 is 0 Å². The molecule has 0 spiro atoms. The number of hydrogen-bond donors (Lipinski definition) is 1. The Hall–Kier alpha value is -1.37. The van der Waals surface area contributed by atoms with Crippen molar-refractivity contribution < 1.29 is 14.3 Å². The minimum atomic E-state index is -0.371. The Balaban J connectivity index is 2.00. The van der Waals surface area contributed by atoms with Crippen LogP contribution in [-0.2, 0) is 4.79 Å². The number of hydrogen-bond acceptors (Lipinski definition) is 3. The Morgan fingerprint density at radius 2 is 1.86 bits per heavy atom. The maximum atomic E-state index is 11.9. The summed E-state index contributed by atoms with van der Waals surface area (Å²) in [4.78, 5) is 22.9. The average molecular weight is 448 g/mol. The van der Waals surface area contributed by atoms with Crippen molar-refractivity contribution in [2.24, 2.45) is 0 Å². The smallest absolute Gasteiger partial charge is 0.262 e. The average Bonchev–Trinajstić information content (AvgIpc) is 2.48. The molecule has 0 aliphatic carbocycles. The van der Waals surface area contributed by atoms with E-state index in [0.29, 0.717) is 28.3 Å². The highest BCUT2D eigenvalue weighted by Crippen LogP contribution is 2.26. The molecule has 0 fully saturated rings. The van der Waals surface area contributed by atoms with Gasteiger partial charge in [-0.2, -0.15) is 0 Å². The molecule has 0 aliphatic heterocycles. The number of aldehydes is 1. The molecule has 0 atom stereocenters. The molecule has 0 heterocycles. The van der Waals surface area contributed by atoms with E-state index in [4.69, 9.17) is 16.3 Å². The van der Waals surface area contributed by atoms with Crippen molar-refractivity contribution in [1.82, 2.24) is 0 Å². The molecule has 7 heteroatoms. The molecule has 0 aromatic heterocycles. The molecule has 2 rings (SSSR count). The lowest BCUT2D eigenvalue weighted by molar-refractivity contribution is -0.118. The van der Waals surface area contributed by atoms with E-state index < -0.39 is 0 Å². The first-order valence-electron chi connectivity index (χ1n) is 6.12. The van der Waals surface area contributed by atoms with Crippen LogP contribution in [-0.4, -0.2) is 18.8 Å². The van der Waals surface area contributed by atoms with Gasteiger partial charge in [0.2, 0.25) is 0 Å². The van der Waals surface area contributed by atoms with Gasteiger partial charge in [-0.05, 0) is 36.4 Å². The van der Waals surface area contributed by atoms with E-state index in [2.05, 4.69) is 37.2 Å². The van der Waals surface area contributed by atoms with Crippen LogP contribution in [0.5, 0.6) is 5.75 Å². The van der Waals surface area contributed by atoms with Crippen molar-refractivity contribution >= 4 is 61.3 Å². The zero-order valence-corrected chi connectivity index (χ0v) is 15.0. The van der Waals surface area contributed by atoms with Gasteiger partial charge in [-0.25, -0.2) is 0 Å².